The Bertz CT molecular complexity index is 1310. The molecule has 0 saturated carbocycles. The number of carbonyl (C=O) groups is 2. The second-order valence-corrected chi connectivity index (χ2v) is 9.77. The van der Waals surface area contributed by atoms with Crippen molar-refractivity contribution in [2.75, 3.05) is 6.54 Å². The predicted molar refractivity (Wildman–Crippen MR) is 127 cm³/mol. The number of fused-ring (bicyclic) bond motifs is 3. The van der Waals surface area contributed by atoms with Crippen molar-refractivity contribution in [2.45, 2.75) is 58.2 Å². The Morgan fingerprint density at radius 1 is 1.11 bits per heavy atom. The molecule has 3 aromatic rings. The van der Waals surface area contributed by atoms with E-state index in [4.69, 9.17) is 5.73 Å². The van der Waals surface area contributed by atoms with Crippen LogP contribution in [0, 0.1) is 0 Å². The van der Waals surface area contributed by atoms with E-state index in [0.29, 0.717) is 36.2 Å². The number of alkyl halides is 3. The van der Waals surface area contributed by atoms with Gasteiger partial charge in [0, 0.05) is 29.4 Å². The molecule has 10 heteroatoms. The Kier molecular flexibility index (Phi) is 6.74. The number of hydrogen-bond acceptors (Lipinski definition) is 6. The second-order valence-electron chi connectivity index (χ2n) is 9.77. The largest absolute Gasteiger partial charge is 0.491 e. The van der Waals surface area contributed by atoms with E-state index in [1.54, 1.807) is 6.20 Å². The number of nitrogens with zero attached hydrogens (tertiary/aromatic N) is 3. The van der Waals surface area contributed by atoms with Crippen molar-refractivity contribution in [1.82, 2.24) is 14.8 Å². The summed E-state index contributed by atoms with van der Waals surface area (Å²) in [5.74, 6) is -3.94. The average molecular weight is 501 g/mol. The van der Waals surface area contributed by atoms with Crippen molar-refractivity contribution in [3.8, 4) is 22.5 Å². The lowest BCUT2D eigenvalue weighted by atomic mass is 9.86. The minimum Gasteiger partial charge on any atom is -0.381 e. The highest BCUT2D eigenvalue weighted by Gasteiger charge is 2.43. The summed E-state index contributed by atoms with van der Waals surface area (Å²) in [5, 5.41) is 4.54. The summed E-state index contributed by atoms with van der Waals surface area (Å²) in [4.78, 5) is 28.6. The molecule has 0 fully saturated rings. The van der Waals surface area contributed by atoms with Gasteiger partial charge in [-0.3, -0.25) is 9.67 Å². The third kappa shape index (κ3) is 5.04. The number of aromatic nitrogens is 3. The third-order valence-corrected chi connectivity index (χ3v) is 6.17. The van der Waals surface area contributed by atoms with Gasteiger partial charge >= 0.3 is 18.1 Å². The van der Waals surface area contributed by atoms with E-state index in [1.807, 2.05) is 18.2 Å². The zero-order valence-corrected chi connectivity index (χ0v) is 20.3. The summed E-state index contributed by atoms with van der Waals surface area (Å²) in [7, 11) is 0. The molecule has 7 nitrogen and oxygen atoms in total. The molecule has 0 unspecified atom stereocenters. The van der Waals surface area contributed by atoms with Crippen LogP contribution in [0.15, 0.2) is 36.5 Å². The lowest BCUT2D eigenvalue weighted by molar-refractivity contribution is -0.193. The van der Waals surface area contributed by atoms with Crippen LogP contribution in [0.1, 0.15) is 54.4 Å². The van der Waals surface area contributed by atoms with Crippen LogP contribution in [0.2, 0.25) is 0 Å². The molecule has 36 heavy (non-hydrogen) atoms. The van der Waals surface area contributed by atoms with Gasteiger partial charge in [-0.2, -0.15) is 18.3 Å². The molecule has 0 bridgehead atoms. The first-order valence-electron chi connectivity index (χ1n) is 11.6. The minimum absolute atomic E-state index is 0.00554. The molecule has 0 amide bonds. The molecule has 2 heterocycles. The average Bonchev–Trinajstić information content (AvgIpc) is 3.20. The number of benzene rings is 1. The van der Waals surface area contributed by atoms with Gasteiger partial charge in [0.25, 0.3) is 0 Å². The highest BCUT2D eigenvalue weighted by atomic mass is 19.4. The van der Waals surface area contributed by atoms with E-state index in [9.17, 15) is 22.8 Å². The molecule has 2 N–H and O–H groups in total. The fourth-order valence-electron chi connectivity index (χ4n) is 4.24. The molecule has 190 valence electrons. The summed E-state index contributed by atoms with van der Waals surface area (Å²) < 4.78 is 43.6. The number of carbonyl (C=O) groups excluding carboxylic acids is 2. The number of esters is 2. The molecule has 1 aliphatic rings. The summed E-state index contributed by atoms with van der Waals surface area (Å²) in [6.07, 6.45) is -2.24. The van der Waals surface area contributed by atoms with E-state index < -0.39 is 18.1 Å². The Labute approximate surface area is 206 Å². The van der Waals surface area contributed by atoms with Gasteiger partial charge in [-0.25, -0.2) is 9.59 Å². The Morgan fingerprint density at radius 3 is 2.42 bits per heavy atom. The van der Waals surface area contributed by atoms with Gasteiger partial charge in [0.2, 0.25) is 0 Å². The van der Waals surface area contributed by atoms with Crippen LogP contribution >= 0.6 is 0 Å². The topological polar surface area (TPSA) is 100 Å². The van der Waals surface area contributed by atoms with Crippen LogP contribution in [-0.4, -0.2) is 39.4 Å². The van der Waals surface area contributed by atoms with Crippen LogP contribution in [0.4, 0.5) is 13.2 Å². The van der Waals surface area contributed by atoms with Gasteiger partial charge in [-0.05, 0) is 48.4 Å². The molecule has 0 radical (unpaired) electrons. The van der Waals surface area contributed by atoms with Crippen LogP contribution in [-0.2, 0) is 34.3 Å². The van der Waals surface area contributed by atoms with Gasteiger partial charge in [0.15, 0.2) is 5.69 Å². The van der Waals surface area contributed by atoms with Crippen molar-refractivity contribution in [3.63, 3.8) is 0 Å². The molecule has 0 saturated heterocycles. The first kappa shape index (κ1) is 25.6. The fourth-order valence-corrected chi connectivity index (χ4v) is 4.24. The number of hydrogen-bond donors (Lipinski definition) is 1. The van der Waals surface area contributed by atoms with Gasteiger partial charge < -0.3 is 10.5 Å². The number of nitrogens with two attached hydrogens (primary N) is 1. The standard InChI is InChI=1S/C26H27F3N4O3/c1-25(2,3)17-8-5-15(6-9-17)20-13-19-16(14-31-20)7-10-18-21(19)32-33(12-4-11-30)22(18)23(34)36-24(35)26(27,28)29/h5-6,8-9,13-14H,4,7,10-12,30H2,1-3H3. The van der Waals surface area contributed by atoms with Crippen molar-refractivity contribution in [1.29, 1.82) is 0 Å². The number of ether oxygens (including phenoxy) is 1. The lowest BCUT2D eigenvalue weighted by Crippen LogP contribution is -2.29. The maximum absolute atomic E-state index is 12.7. The van der Waals surface area contributed by atoms with Gasteiger partial charge in [0.1, 0.15) is 0 Å². The highest BCUT2D eigenvalue weighted by Crippen LogP contribution is 2.37. The summed E-state index contributed by atoms with van der Waals surface area (Å²) >= 11 is 0. The van der Waals surface area contributed by atoms with Crippen molar-refractivity contribution in [3.05, 3.63) is 58.9 Å². The SMILES string of the molecule is CC(C)(C)c1ccc(-c2cc3c(cn2)CCc2c-3nn(CCCN)c2C(=O)OC(=O)C(F)(F)F)cc1. The number of pyridine rings is 1. The third-order valence-electron chi connectivity index (χ3n) is 6.17. The monoisotopic (exact) mass is 500 g/mol. The minimum atomic E-state index is -5.28. The van der Waals surface area contributed by atoms with Crippen molar-refractivity contribution >= 4 is 11.9 Å². The number of rotatable bonds is 5. The predicted octanol–water partition coefficient (Wildman–Crippen LogP) is 4.60. The molecule has 2 aromatic heterocycles. The van der Waals surface area contributed by atoms with Gasteiger partial charge in [0.05, 0.1) is 11.4 Å². The summed E-state index contributed by atoms with van der Waals surface area (Å²) in [6, 6.07) is 9.95. The van der Waals surface area contributed by atoms with Gasteiger partial charge in [-0.15, -0.1) is 0 Å². The van der Waals surface area contributed by atoms with Crippen LogP contribution in [0.25, 0.3) is 22.5 Å². The van der Waals surface area contributed by atoms with E-state index in [1.165, 1.54) is 10.2 Å². The normalized spacial score (nSPS) is 13.2. The Morgan fingerprint density at radius 2 is 1.81 bits per heavy atom. The Balaban J connectivity index is 1.75. The smallest absolute Gasteiger partial charge is 0.381 e. The van der Waals surface area contributed by atoms with E-state index in [0.717, 1.165) is 16.7 Å². The molecular weight excluding hydrogens is 473 g/mol. The van der Waals surface area contributed by atoms with E-state index in [-0.39, 0.29) is 24.2 Å². The number of halogens is 3. The molecule has 0 spiro atoms. The molecule has 4 rings (SSSR count). The fraction of sp³-hybridized carbons (Fsp3) is 0.385. The maximum Gasteiger partial charge on any atom is 0.491 e. The second kappa shape index (κ2) is 9.50. The Hall–Kier alpha value is -3.53. The molecular formula is C26H27F3N4O3. The summed E-state index contributed by atoms with van der Waals surface area (Å²) in [6.45, 7) is 6.87. The van der Waals surface area contributed by atoms with Crippen molar-refractivity contribution in [2.24, 2.45) is 5.73 Å². The number of aryl methyl sites for hydroxylation is 2. The van der Waals surface area contributed by atoms with Crippen LogP contribution in [0.5, 0.6) is 0 Å². The van der Waals surface area contributed by atoms with E-state index >= 15 is 0 Å². The maximum atomic E-state index is 12.7. The molecule has 1 aromatic carbocycles. The molecule has 0 aliphatic heterocycles. The highest BCUT2D eigenvalue weighted by molar-refractivity contribution is 5.99. The molecule has 1 aliphatic carbocycles. The van der Waals surface area contributed by atoms with Crippen LogP contribution < -0.4 is 5.73 Å². The summed E-state index contributed by atoms with van der Waals surface area (Å²) in [5.41, 5.74) is 10.8. The first-order chi connectivity index (χ1) is 16.9. The molecule has 0 atom stereocenters. The van der Waals surface area contributed by atoms with Gasteiger partial charge in [-0.1, -0.05) is 45.0 Å². The zero-order valence-electron chi connectivity index (χ0n) is 20.3. The van der Waals surface area contributed by atoms with Crippen molar-refractivity contribution < 1.29 is 27.5 Å². The lowest BCUT2D eigenvalue weighted by Gasteiger charge is -2.19. The first-order valence-corrected chi connectivity index (χ1v) is 11.6. The zero-order chi connectivity index (χ0) is 26.3. The van der Waals surface area contributed by atoms with E-state index in [2.05, 4.69) is 47.7 Å². The van der Waals surface area contributed by atoms with Crippen LogP contribution in [0.3, 0.4) is 0 Å². The quantitative estimate of drug-likeness (QED) is 0.406.